The lowest BCUT2D eigenvalue weighted by molar-refractivity contribution is 0.471. The van der Waals surface area contributed by atoms with Crippen molar-refractivity contribution in [2.24, 2.45) is 5.73 Å². The Morgan fingerprint density at radius 3 is 2.83 bits per heavy atom. The zero-order chi connectivity index (χ0) is 9.14. The van der Waals surface area contributed by atoms with Crippen molar-refractivity contribution < 1.29 is 5.11 Å². The van der Waals surface area contributed by atoms with E-state index in [2.05, 4.69) is 15.9 Å². The quantitative estimate of drug-likeness (QED) is 0.532. The molecule has 4 heteroatoms. The number of amidine groups is 1. The lowest BCUT2D eigenvalue weighted by Gasteiger charge is -2.03. The molecule has 0 aliphatic heterocycles. The summed E-state index contributed by atoms with van der Waals surface area (Å²) in [5, 5.41) is 16.3. The van der Waals surface area contributed by atoms with Gasteiger partial charge in [-0.05, 0) is 27.6 Å². The van der Waals surface area contributed by atoms with Crippen LogP contribution in [0.5, 0.6) is 5.75 Å². The minimum Gasteiger partial charge on any atom is -0.507 e. The number of rotatable bonds is 2. The fraction of sp³-hybridized carbons (Fsp3) is 0.125. The minimum absolute atomic E-state index is 0.0845. The van der Waals surface area contributed by atoms with Crippen LogP contribution in [0.25, 0.3) is 0 Å². The first-order chi connectivity index (χ1) is 5.61. The molecule has 0 atom stereocenters. The van der Waals surface area contributed by atoms with Crippen molar-refractivity contribution in [2.75, 3.05) is 0 Å². The number of phenols is 1. The molecule has 64 valence electrons. The second-order valence-electron chi connectivity index (χ2n) is 2.45. The number of halogens is 1. The van der Waals surface area contributed by atoms with Gasteiger partial charge < -0.3 is 10.8 Å². The van der Waals surface area contributed by atoms with Gasteiger partial charge in [0, 0.05) is 6.42 Å². The first-order valence-electron chi connectivity index (χ1n) is 3.40. The molecule has 0 saturated carbocycles. The van der Waals surface area contributed by atoms with Crippen molar-refractivity contribution in [3.8, 4) is 5.75 Å². The van der Waals surface area contributed by atoms with E-state index in [4.69, 9.17) is 11.1 Å². The van der Waals surface area contributed by atoms with Gasteiger partial charge in [-0.1, -0.05) is 12.1 Å². The fourth-order valence-electron chi connectivity index (χ4n) is 0.908. The zero-order valence-corrected chi connectivity index (χ0v) is 7.93. The van der Waals surface area contributed by atoms with Gasteiger partial charge in [0.25, 0.3) is 0 Å². The number of nitrogens with two attached hydrogens (primary N) is 1. The number of aromatic hydroxyl groups is 1. The van der Waals surface area contributed by atoms with Gasteiger partial charge in [-0.2, -0.15) is 0 Å². The molecule has 1 aromatic rings. The summed E-state index contributed by atoms with van der Waals surface area (Å²) in [5.41, 5.74) is 6.05. The Morgan fingerprint density at radius 2 is 2.25 bits per heavy atom. The van der Waals surface area contributed by atoms with Gasteiger partial charge in [-0.15, -0.1) is 0 Å². The summed E-state index contributed by atoms with van der Waals surface area (Å²) < 4.78 is 0.611. The largest absolute Gasteiger partial charge is 0.507 e. The molecule has 0 heterocycles. The molecule has 0 fully saturated rings. The predicted molar refractivity (Wildman–Crippen MR) is 51.4 cm³/mol. The fourth-order valence-corrected chi connectivity index (χ4v) is 1.31. The van der Waals surface area contributed by atoms with E-state index in [0.29, 0.717) is 10.9 Å². The SMILES string of the molecule is N=C(N)Cc1cccc(O)c1Br. The number of nitrogens with one attached hydrogen (secondary N) is 1. The zero-order valence-electron chi connectivity index (χ0n) is 6.34. The predicted octanol–water partition coefficient (Wildman–Crippen LogP) is 1.63. The summed E-state index contributed by atoms with van der Waals surface area (Å²) in [5.74, 6) is 0.259. The van der Waals surface area contributed by atoms with Gasteiger partial charge in [-0.25, -0.2) is 0 Å². The maximum Gasteiger partial charge on any atom is 0.130 e. The molecule has 0 amide bonds. The second-order valence-corrected chi connectivity index (χ2v) is 3.25. The van der Waals surface area contributed by atoms with E-state index in [1.165, 1.54) is 0 Å². The molecule has 0 spiro atoms. The average molecular weight is 229 g/mol. The highest BCUT2D eigenvalue weighted by Crippen LogP contribution is 2.27. The van der Waals surface area contributed by atoms with Crippen molar-refractivity contribution in [3.05, 3.63) is 28.2 Å². The Hall–Kier alpha value is -1.03. The highest BCUT2D eigenvalue weighted by atomic mass is 79.9. The van der Waals surface area contributed by atoms with Crippen LogP contribution in [-0.2, 0) is 6.42 Å². The number of hydrogen-bond donors (Lipinski definition) is 3. The normalized spacial score (nSPS) is 9.75. The van der Waals surface area contributed by atoms with Crippen LogP contribution in [0.4, 0.5) is 0 Å². The Bertz CT molecular complexity index is 312. The van der Waals surface area contributed by atoms with E-state index in [1.54, 1.807) is 12.1 Å². The van der Waals surface area contributed by atoms with Gasteiger partial charge in [0.2, 0.25) is 0 Å². The lowest BCUT2D eigenvalue weighted by atomic mass is 10.1. The van der Waals surface area contributed by atoms with E-state index in [0.717, 1.165) is 5.56 Å². The third kappa shape index (κ3) is 1.98. The Kier molecular flexibility index (Phi) is 2.70. The summed E-state index contributed by atoms with van der Waals surface area (Å²) >= 11 is 3.21. The molecule has 0 aliphatic carbocycles. The van der Waals surface area contributed by atoms with E-state index < -0.39 is 0 Å². The second kappa shape index (κ2) is 3.58. The van der Waals surface area contributed by atoms with Crippen LogP contribution in [0.3, 0.4) is 0 Å². The van der Waals surface area contributed by atoms with Crippen LogP contribution in [-0.4, -0.2) is 10.9 Å². The van der Waals surface area contributed by atoms with E-state index >= 15 is 0 Å². The molecule has 0 saturated heterocycles. The molecule has 0 bridgehead atoms. The number of phenolic OH excluding ortho intramolecular Hbond substituents is 1. The Balaban J connectivity index is 3.00. The van der Waals surface area contributed by atoms with Crippen LogP contribution < -0.4 is 5.73 Å². The van der Waals surface area contributed by atoms with Gasteiger partial charge in [0.15, 0.2) is 0 Å². The monoisotopic (exact) mass is 228 g/mol. The van der Waals surface area contributed by atoms with Gasteiger partial charge in [0.1, 0.15) is 5.75 Å². The molecule has 3 nitrogen and oxygen atoms in total. The highest BCUT2D eigenvalue weighted by molar-refractivity contribution is 9.10. The van der Waals surface area contributed by atoms with E-state index in [9.17, 15) is 5.11 Å². The molecular formula is C8H9BrN2O. The smallest absolute Gasteiger partial charge is 0.130 e. The molecule has 0 aromatic heterocycles. The molecule has 12 heavy (non-hydrogen) atoms. The van der Waals surface area contributed by atoms with Crippen molar-refractivity contribution >= 4 is 21.8 Å². The maximum absolute atomic E-state index is 9.25. The van der Waals surface area contributed by atoms with Gasteiger partial charge >= 0.3 is 0 Å². The third-order valence-electron chi connectivity index (χ3n) is 1.44. The summed E-state index contributed by atoms with van der Waals surface area (Å²) in [6.45, 7) is 0. The molecule has 0 radical (unpaired) electrons. The summed E-state index contributed by atoms with van der Waals surface area (Å²) in [7, 11) is 0. The number of benzene rings is 1. The standard InChI is InChI=1S/C8H9BrN2O/c9-8-5(4-7(10)11)2-1-3-6(8)12/h1-3,12H,4H2,(H3,10,11). The van der Waals surface area contributed by atoms with Crippen LogP contribution in [0.2, 0.25) is 0 Å². The third-order valence-corrected chi connectivity index (χ3v) is 2.35. The van der Waals surface area contributed by atoms with Crippen LogP contribution in [0, 0.1) is 5.41 Å². The van der Waals surface area contributed by atoms with Crippen LogP contribution in [0.15, 0.2) is 22.7 Å². The lowest BCUT2D eigenvalue weighted by Crippen LogP contribution is -2.12. The van der Waals surface area contributed by atoms with E-state index in [-0.39, 0.29) is 11.6 Å². The first-order valence-corrected chi connectivity index (χ1v) is 4.20. The molecular weight excluding hydrogens is 220 g/mol. The molecule has 0 aliphatic rings. The maximum atomic E-state index is 9.25. The summed E-state index contributed by atoms with van der Waals surface area (Å²) in [6, 6.07) is 5.11. The molecule has 0 unspecified atom stereocenters. The van der Waals surface area contributed by atoms with Gasteiger partial charge in [-0.3, -0.25) is 5.41 Å². The van der Waals surface area contributed by atoms with Gasteiger partial charge in [0.05, 0.1) is 10.3 Å². The van der Waals surface area contributed by atoms with E-state index in [1.807, 2.05) is 6.07 Å². The summed E-state index contributed by atoms with van der Waals surface area (Å²) in [4.78, 5) is 0. The molecule has 4 N–H and O–H groups in total. The van der Waals surface area contributed by atoms with Crippen molar-refractivity contribution in [2.45, 2.75) is 6.42 Å². The summed E-state index contributed by atoms with van der Waals surface area (Å²) in [6.07, 6.45) is 0.356. The first kappa shape index (κ1) is 9.06. The topological polar surface area (TPSA) is 70.1 Å². The Morgan fingerprint density at radius 1 is 1.58 bits per heavy atom. The van der Waals surface area contributed by atoms with Crippen molar-refractivity contribution in [3.63, 3.8) is 0 Å². The van der Waals surface area contributed by atoms with Crippen LogP contribution in [0.1, 0.15) is 5.56 Å². The average Bonchev–Trinajstić information content (AvgIpc) is 1.98. The number of hydrogen-bond acceptors (Lipinski definition) is 2. The molecule has 1 aromatic carbocycles. The van der Waals surface area contributed by atoms with Crippen molar-refractivity contribution in [1.82, 2.24) is 0 Å². The highest BCUT2D eigenvalue weighted by Gasteiger charge is 2.04. The van der Waals surface area contributed by atoms with Crippen LogP contribution >= 0.6 is 15.9 Å². The molecule has 1 rings (SSSR count). The van der Waals surface area contributed by atoms with Crippen molar-refractivity contribution in [1.29, 1.82) is 5.41 Å². The Labute approximate surface area is 78.8 Å². The minimum atomic E-state index is 0.0845.